The molecular formula is C33H24ClN3O4. The van der Waals surface area contributed by atoms with Crippen LogP contribution in [-0.2, 0) is 4.79 Å². The zero-order chi connectivity index (χ0) is 27.7. The number of hydrogen-bond acceptors (Lipinski definition) is 5. The van der Waals surface area contributed by atoms with Crippen molar-refractivity contribution in [1.29, 1.82) is 0 Å². The van der Waals surface area contributed by atoms with Crippen LogP contribution < -0.4 is 19.7 Å². The number of halogens is 1. The lowest BCUT2D eigenvalue weighted by molar-refractivity contribution is -0.120. The fraction of sp³-hybridized carbons (Fsp3) is 0.152. The second-order valence-electron chi connectivity index (χ2n) is 10.5. The second-order valence-corrected chi connectivity index (χ2v) is 10.9. The zero-order valence-electron chi connectivity index (χ0n) is 21.8. The van der Waals surface area contributed by atoms with Gasteiger partial charge in [-0.1, -0.05) is 66.2 Å². The number of aromatic nitrogens is 1. The highest BCUT2D eigenvalue weighted by Crippen LogP contribution is 2.48. The summed E-state index contributed by atoms with van der Waals surface area (Å²) in [7, 11) is 0. The molecule has 5 aromatic rings. The number of amides is 2. The van der Waals surface area contributed by atoms with Crippen LogP contribution in [0, 0.1) is 0 Å². The van der Waals surface area contributed by atoms with Crippen molar-refractivity contribution in [2.24, 2.45) is 0 Å². The molecule has 202 valence electrons. The van der Waals surface area contributed by atoms with Gasteiger partial charge in [-0.25, -0.2) is 4.90 Å². The van der Waals surface area contributed by atoms with Crippen molar-refractivity contribution in [3.05, 3.63) is 124 Å². The zero-order valence-corrected chi connectivity index (χ0v) is 22.5. The average molecular weight is 562 g/mol. The molecule has 4 heterocycles. The van der Waals surface area contributed by atoms with Gasteiger partial charge in [-0.3, -0.25) is 9.59 Å². The van der Waals surface area contributed by atoms with Gasteiger partial charge in [-0.05, 0) is 47.0 Å². The topological polar surface area (TPSA) is 83.7 Å². The number of carbonyl (C=O) groups is 2. The molecule has 7 nitrogen and oxygen atoms in total. The summed E-state index contributed by atoms with van der Waals surface area (Å²) in [5.41, 5.74) is 5.72. The summed E-state index contributed by atoms with van der Waals surface area (Å²) in [6.45, 7) is 0.682. The quantitative estimate of drug-likeness (QED) is 0.253. The van der Waals surface area contributed by atoms with Gasteiger partial charge in [0.25, 0.3) is 5.91 Å². The maximum absolute atomic E-state index is 14.5. The molecule has 2 N–H and O–H groups in total. The number of nitrogens with zero attached hydrogens (tertiary/aromatic N) is 1. The number of para-hydroxylation sites is 1. The number of H-pyrrole nitrogens is 1. The van der Waals surface area contributed by atoms with Crippen molar-refractivity contribution in [2.75, 3.05) is 18.2 Å². The van der Waals surface area contributed by atoms with Gasteiger partial charge in [0.1, 0.15) is 0 Å². The molecule has 0 bridgehead atoms. The van der Waals surface area contributed by atoms with E-state index in [2.05, 4.69) is 22.4 Å². The smallest absolute Gasteiger partial charge is 0.265 e. The molecule has 2 amide bonds. The molecule has 41 heavy (non-hydrogen) atoms. The van der Waals surface area contributed by atoms with Gasteiger partial charge in [0.05, 0.1) is 17.6 Å². The molecule has 8 heteroatoms. The number of rotatable bonds is 3. The number of ether oxygens (including phenoxy) is 2. The Morgan fingerprint density at radius 3 is 2.46 bits per heavy atom. The fourth-order valence-electron chi connectivity index (χ4n) is 6.61. The number of imide groups is 1. The van der Waals surface area contributed by atoms with Crippen molar-refractivity contribution in [2.45, 2.75) is 17.9 Å². The molecule has 3 atom stereocenters. The molecule has 3 aliphatic heterocycles. The standard InChI is InChI=1S/C33H24ClN3O4/c34-24-11-5-3-7-19(24)23-16-35-30(31-28(23)22-10-4-6-12-25(22)36-31)29-20-8-1-2-9-21(20)32(38)37(33(29)39)18-13-14-26-27(15-18)41-17-40-26/h1-15,23,29-30,35-36H,16-17H2/t23-,29-,30-/m1/s1. The first-order chi connectivity index (χ1) is 20.1. The summed E-state index contributed by atoms with van der Waals surface area (Å²) in [6.07, 6.45) is 0. The van der Waals surface area contributed by atoms with E-state index in [1.165, 1.54) is 4.90 Å². The van der Waals surface area contributed by atoms with Crippen LogP contribution in [0.4, 0.5) is 5.69 Å². The summed E-state index contributed by atoms with van der Waals surface area (Å²) < 4.78 is 11.0. The third kappa shape index (κ3) is 3.63. The molecule has 0 saturated heterocycles. The highest BCUT2D eigenvalue weighted by Gasteiger charge is 2.47. The Labute approximate surface area is 240 Å². The largest absolute Gasteiger partial charge is 0.454 e. The molecule has 0 fully saturated rings. The minimum atomic E-state index is -0.659. The third-order valence-corrected chi connectivity index (χ3v) is 8.77. The Balaban J connectivity index is 1.30. The number of aromatic amines is 1. The summed E-state index contributed by atoms with van der Waals surface area (Å²) in [6, 6.07) is 28.2. The summed E-state index contributed by atoms with van der Waals surface area (Å²) >= 11 is 6.71. The Morgan fingerprint density at radius 1 is 0.829 bits per heavy atom. The minimum Gasteiger partial charge on any atom is -0.454 e. The summed E-state index contributed by atoms with van der Waals surface area (Å²) in [5, 5.41) is 5.49. The Hall–Kier alpha value is -4.59. The molecule has 8 rings (SSSR count). The van der Waals surface area contributed by atoms with Gasteiger partial charge in [-0.15, -0.1) is 0 Å². The molecule has 0 radical (unpaired) electrons. The number of hydrogen-bond donors (Lipinski definition) is 2. The maximum atomic E-state index is 14.5. The average Bonchev–Trinajstić information content (AvgIpc) is 3.63. The van der Waals surface area contributed by atoms with Gasteiger partial charge < -0.3 is 19.8 Å². The predicted molar refractivity (Wildman–Crippen MR) is 156 cm³/mol. The van der Waals surface area contributed by atoms with E-state index in [0.717, 1.165) is 27.7 Å². The van der Waals surface area contributed by atoms with Crippen LogP contribution in [-0.4, -0.2) is 30.1 Å². The molecule has 0 aliphatic carbocycles. The molecule has 0 spiro atoms. The van der Waals surface area contributed by atoms with Gasteiger partial charge in [-0.2, -0.15) is 0 Å². The highest BCUT2D eigenvalue weighted by atomic mass is 35.5. The first-order valence-corrected chi connectivity index (χ1v) is 13.9. The van der Waals surface area contributed by atoms with Gasteiger partial charge in [0.15, 0.2) is 11.5 Å². The van der Waals surface area contributed by atoms with Crippen LogP contribution in [0.1, 0.15) is 50.6 Å². The fourth-order valence-corrected chi connectivity index (χ4v) is 6.88. The van der Waals surface area contributed by atoms with E-state index in [9.17, 15) is 9.59 Å². The van der Waals surface area contributed by atoms with Crippen LogP contribution in [0.2, 0.25) is 5.02 Å². The third-order valence-electron chi connectivity index (χ3n) is 8.42. The van der Waals surface area contributed by atoms with Gasteiger partial charge in [0.2, 0.25) is 12.7 Å². The molecule has 4 aromatic carbocycles. The Morgan fingerprint density at radius 2 is 1.59 bits per heavy atom. The predicted octanol–water partition coefficient (Wildman–Crippen LogP) is 6.30. The SMILES string of the molecule is O=C1c2ccccc2[C@H]([C@H]2NC[C@H](c3ccccc3Cl)c3c2[nH]c2ccccc32)C(=O)N1c1ccc2c(c1)OCO2. The highest BCUT2D eigenvalue weighted by molar-refractivity contribution is 6.31. The van der Waals surface area contributed by atoms with E-state index < -0.39 is 12.0 Å². The second kappa shape index (κ2) is 9.23. The van der Waals surface area contributed by atoms with Crippen molar-refractivity contribution >= 4 is 40.0 Å². The monoisotopic (exact) mass is 561 g/mol. The number of benzene rings is 4. The number of fused-ring (bicyclic) bond motifs is 5. The number of anilines is 1. The summed E-state index contributed by atoms with van der Waals surface area (Å²) in [4.78, 5) is 33.2. The first-order valence-electron chi connectivity index (χ1n) is 13.6. The minimum absolute atomic E-state index is 0.0216. The van der Waals surface area contributed by atoms with E-state index in [0.29, 0.717) is 39.9 Å². The normalized spacial score (nSPS) is 21.2. The lowest BCUT2D eigenvalue weighted by Crippen LogP contribution is -2.50. The van der Waals surface area contributed by atoms with Crippen molar-refractivity contribution < 1.29 is 19.1 Å². The molecule has 3 aliphatic rings. The van der Waals surface area contributed by atoms with E-state index in [1.54, 1.807) is 24.3 Å². The number of nitrogens with one attached hydrogen (secondary N) is 2. The van der Waals surface area contributed by atoms with Crippen molar-refractivity contribution in [3.8, 4) is 11.5 Å². The van der Waals surface area contributed by atoms with Crippen molar-refractivity contribution in [3.63, 3.8) is 0 Å². The molecule has 0 saturated carbocycles. The summed E-state index contributed by atoms with van der Waals surface area (Å²) in [5.74, 6) is -0.243. The molecule has 1 aromatic heterocycles. The van der Waals surface area contributed by atoms with E-state index >= 15 is 0 Å². The van der Waals surface area contributed by atoms with E-state index in [1.807, 2.05) is 54.6 Å². The maximum Gasteiger partial charge on any atom is 0.265 e. The van der Waals surface area contributed by atoms with Gasteiger partial charge in [0, 0.05) is 45.7 Å². The lowest BCUT2D eigenvalue weighted by Gasteiger charge is -2.40. The van der Waals surface area contributed by atoms with E-state index in [4.69, 9.17) is 21.1 Å². The van der Waals surface area contributed by atoms with Crippen LogP contribution in [0.3, 0.4) is 0 Å². The van der Waals surface area contributed by atoms with Crippen LogP contribution >= 0.6 is 11.6 Å². The number of carbonyl (C=O) groups excluding carboxylic acids is 2. The van der Waals surface area contributed by atoms with E-state index in [-0.39, 0.29) is 24.5 Å². The Bertz CT molecular complexity index is 1880. The Kier molecular flexibility index (Phi) is 5.45. The van der Waals surface area contributed by atoms with Crippen LogP contribution in [0.15, 0.2) is 91.0 Å². The first kappa shape index (κ1) is 24.2. The lowest BCUT2D eigenvalue weighted by atomic mass is 9.76. The van der Waals surface area contributed by atoms with Crippen molar-refractivity contribution in [1.82, 2.24) is 10.3 Å². The molecular weight excluding hydrogens is 538 g/mol. The van der Waals surface area contributed by atoms with Crippen LogP contribution in [0.25, 0.3) is 10.9 Å². The molecule has 0 unspecified atom stereocenters. The van der Waals surface area contributed by atoms with Crippen LogP contribution in [0.5, 0.6) is 11.5 Å². The van der Waals surface area contributed by atoms with Gasteiger partial charge >= 0.3 is 0 Å².